The van der Waals surface area contributed by atoms with Gasteiger partial charge < -0.3 is 24.3 Å². The maximum absolute atomic E-state index is 12.3. The average Bonchev–Trinajstić information content (AvgIpc) is 3.03. The van der Waals surface area contributed by atoms with Crippen LogP contribution in [0, 0.1) is 6.92 Å². The lowest BCUT2D eigenvalue weighted by Gasteiger charge is -2.36. The fourth-order valence-electron chi connectivity index (χ4n) is 3.00. The highest BCUT2D eigenvalue weighted by atomic mass is 127. The first-order valence-electron chi connectivity index (χ1n) is 9.27. The summed E-state index contributed by atoms with van der Waals surface area (Å²) in [7, 11) is 3.67. The summed E-state index contributed by atoms with van der Waals surface area (Å²) in [4.78, 5) is 25.5. The number of hydrogen-bond donors (Lipinski definition) is 1. The Balaban J connectivity index is 0.00000300. The highest BCUT2D eigenvalue weighted by Gasteiger charge is 2.22. The van der Waals surface area contributed by atoms with E-state index in [-0.39, 0.29) is 29.5 Å². The predicted octanol–water partition coefficient (Wildman–Crippen LogP) is 0.289. The zero-order chi connectivity index (χ0) is 20.1. The van der Waals surface area contributed by atoms with E-state index in [9.17, 15) is 4.79 Å². The molecule has 0 spiro atoms. The van der Waals surface area contributed by atoms with E-state index in [0.29, 0.717) is 32.0 Å². The number of aliphatic imine (C=N–C) groups is 1. The zero-order valence-electron chi connectivity index (χ0n) is 17.1. The summed E-state index contributed by atoms with van der Waals surface area (Å²) in [5.41, 5.74) is -0.0766. The third kappa shape index (κ3) is 5.34. The van der Waals surface area contributed by atoms with Gasteiger partial charge in [-0.15, -0.1) is 40.8 Å². The molecule has 3 heterocycles. The molecule has 1 fully saturated rings. The van der Waals surface area contributed by atoms with Crippen LogP contribution < -0.4 is 15.8 Å². The van der Waals surface area contributed by atoms with Gasteiger partial charge in [-0.05, 0) is 6.92 Å². The van der Waals surface area contributed by atoms with Crippen molar-refractivity contribution < 1.29 is 0 Å². The molecule has 1 N–H and O–H groups in total. The van der Waals surface area contributed by atoms with Crippen LogP contribution in [0.3, 0.4) is 0 Å². The molecule has 1 saturated heterocycles. The molecular weight excluding hydrogens is 485 g/mol. The van der Waals surface area contributed by atoms with E-state index in [1.54, 1.807) is 30.1 Å². The number of nitrogens with one attached hydrogen (secondary N) is 1. The van der Waals surface area contributed by atoms with Crippen LogP contribution in [-0.4, -0.2) is 67.9 Å². The molecule has 0 unspecified atom stereocenters. The van der Waals surface area contributed by atoms with Gasteiger partial charge in [0, 0.05) is 59.2 Å². The van der Waals surface area contributed by atoms with Crippen LogP contribution in [0.5, 0.6) is 0 Å². The molecule has 0 aromatic carbocycles. The van der Waals surface area contributed by atoms with Gasteiger partial charge in [-0.1, -0.05) is 6.08 Å². The van der Waals surface area contributed by atoms with Gasteiger partial charge in [0.25, 0.3) is 5.56 Å². The first-order chi connectivity index (χ1) is 13.5. The average molecular weight is 513 g/mol. The molecular formula is C18H28IN9O. The van der Waals surface area contributed by atoms with E-state index in [1.807, 2.05) is 23.4 Å². The number of halogens is 1. The number of anilines is 1. The zero-order valence-corrected chi connectivity index (χ0v) is 19.4. The lowest BCUT2D eigenvalue weighted by molar-refractivity contribution is 0.371. The molecule has 29 heavy (non-hydrogen) atoms. The number of rotatable bonds is 5. The van der Waals surface area contributed by atoms with Gasteiger partial charge in [0.05, 0.1) is 0 Å². The number of guanidine groups is 1. The van der Waals surface area contributed by atoms with Gasteiger partial charge in [-0.2, -0.15) is 0 Å². The molecule has 0 atom stereocenters. The second kappa shape index (κ2) is 10.4. The van der Waals surface area contributed by atoms with Crippen molar-refractivity contribution in [3.63, 3.8) is 0 Å². The Hall–Kier alpha value is -2.44. The second-order valence-corrected chi connectivity index (χ2v) is 6.67. The Bertz CT molecular complexity index is 912. The Labute approximate surface area is 187 Å². The molecule has 10 nitrogen and oxygen atoms in total. The first-order valence-corrected chi connectivity index (χ1v) is 9.27. The summed E-state index contributed by atoms with van der Waals surface area (Å²) < 4.78 is 3.49. The number of nitrogens with zero attached hydrogens (tertiary/aromatic N) is 8. The Kier molecular flexibility index (Phi) is 8.17. The van der Waals surface area contributed by atoms with Crippen LogP contribution in [-0.2, 0) is 20.6 Å². The Morgan fingerprint density at radius 1 is 1.28 bits per heavy atom. The molecule has 0 saturated carbocycles. The van der Waals surface area contributed by atoms with Gasteiger partial charge in [0.15, 0.2) is 17.6 Å². The van der Waals surface area contributed by atoms with Gasteiger partial charge in [0.2, 0.25) is 0 Å². The molecule has 1 aliphatic heterocycles. The highest BCUT2D eigenvalue weighted by Crippen LogP contribution is 2.09. The van der Waals surface area contributed by atoms with Crippen molar-refractivity contribution in [3.05, 3.63) is 47.1 Å². The third-order valence-electron chi connectivity index (χ3n) is 4.83. The maximum Gasteiger partial charge on any atom is 0.293 e. The van der Waals surface area contributed by atoms with Crippen LogP contribution >= 0.6 is 24.0 Å². The predicted molar refractivity (Wildman–Crippen MR) is 124 cm³/mol. The Morgan fingerprint density at radius 2 is 2.00 bits per heavy atom. The number of aryl methyl sites for hydroxylation is 2. The molecule has 2 aromatic heterocycles. The minimum Gasteiger partial charge on any atom is -0.353 e. The fraction of sp³-hybridized carbons (Fsp3) is 0.500. The summed E-state index contributed by atoms with van der Waals surface area (Å²) in [6.45, 7) is 9.62. The van der Waals surface area contributed by atoms with Crippen molar-refractivity contribution >= 4 is 35.8 Å². The minimum atomic E-state index is -0.0766. The van der Waals surface area contributed by atoms with E-state index in [2.05, 4.69) is 32.0 Å². The largest absolute Gasteiger partial charge is 0.353 e. The fourth-order valence-corrected chi connectivity index (χ4v) is 3.00. The summed E-state index contributed by atoms with van der Waals surface area (Å²) in [5.74, 6) is 2.97. The van der Waals surface area contributed by atoms with Crippen LogP contribution in [0.15, 0.2) is 34.8 Å². The van der Waals surface area contributed by atoms with Gasteiger partial charge >= 0.3 is 0 Å². The number of aromatic nitrogens is 5. The molecule has 0 radical (unpaired) electrons. The van der Waals surface area contributed by atoms with Gasteiger partial charge in [-0.25, -0.2) is 9.98 Å². The first kappa shape index (κ1) is 22.8. The van der Waals surface area contributed by atoms with Crippen molar-refractivity contribution in [1.82, 2.24) is 34.5 Å². The van der Waals surface area contributed by atoms with Crippen molar-refractivity contribution in [1.29, 1.82) is 0 Å². The third-order valence-corrected chi connectivity index (χ3v) is 4.83. The van der Waals surface area contributed by atoms with Gasteiger partial charge in [-0.3, -0.25) is 4.79 Å². The van der Waals surface area contributed by atoms with Crippen LogP contribution in [0.4, 0.5) is 5.82 Å². The standard InChI is InChI=1S/C18H27N9O.HI/c1-5-6-20-18(21-13-15-23-22-14(2)25(15)4)27-11-9-26(10-12-27)16-17(28)24(3)8-7-19-16;/h5,7-8H,1,6,9-13H2,2-4H3,(H,20,21);1H. The number of piperazine rings is 1. The smallest absolute Gasteiger partial charge is 0.293 e. The van der Waals surface area contributed by atoms with Crippen LogP contribution in [0.2, 0.25) is 0 Å². The summed E-state index contributed by atoms with van der Waals surface area (Å²) in [6.07, 6.45) is 5.13. The molecule has 158 valence electrons. The molecule has 1 aliphatic rings. The minimum absolute atomic E-state index is 0. The summed E-state index contributed by atoms with van der Waals surface area (Å²) in [6, 6.07) is 0. The highest BCUT2D eigenvalue weighted by molar-refractivity contribution is 14.0. The quantitative estimate of drug-likeness (QED) is 0.266. The lowest BCUT2D eigenvalue weighted by Crippen LogP contribution is -2.53. The molecule has 2 aromatic rings. The molecule has 0 aliphatic carbocycles. The summed E-state index contributed by atoms with van der Waals surface area (Å²) >= 11 is 0. The SMILES string of the molecule is C=CCNC(=NCc1nnc(C)n1C)N1CCN(c2nccn(C)c2=O)CC1.I. The Morgan fingerprint density at radius 3 is 2.62 bits per heavy atom. The van der Waals surface area contributed by atoms with E-state index in [0.717, 1.165) is 30.7 Å². The second-order valence-electron chi connectivity index (χ2n) is 6.67. The van der Waals surface area contributed by atoms with E-state index < -0.39 is 0 Å². The normalized spacial score (nSPS) is 14.5. The topological polar surface area (TPSA) is 96.5 Å². The van der Waals surface area contributed by atoms with E-state index in [1.165, 1.54) is 0 Å². The van der Waals surface area contributed by atoms with Crippen molar-refractivity contribution in [2.75, 3.05) is 37.6 Å². The maximum atomic E-state index is 12.3. The van der Waals surface area contributed by atoms with E-state index in [4.69, 9.17) is 4.99 Å². The lowest BCUT2D eigenvalue weighted by atomic mass is 10.3. The van der Waals surface area contributed by atoms with Gasteiger partial charge in [0.1, 0.15) is 12.4 Å². The van der Waals surface area contributed by atoms with Crippen molar-refractivity contribution in [3.8, 4) is 0 Å². The molecule has 0 bridgehead atoms. The van der Waals surface area contributed by atoms with Crippen LogP contribution in [0.25, 0.3) is 0 Å². The van der Waals surface area contributed by atoms with Crippen molar-refractivity contribution in [2.45, 2.75) is 13.5 Å². The van der Waals surface area contributed by atoms with Crippen LogP contribution in [0.1, 0.15) is 11.6 Å². The van der Waals surface area contributed by atoms with E-state index >= 15 is 0 Å². The molecule has 0 amide bonds. The monoisotopic (exact) mass is 513 g/mol. The molecule has 3 rings (SSSR count). The molecule has 11 heteroatoms. The summed E-state index contributed by atoms with van der Waals surface area (Å²) in [5, 5.41) is 11.6. The number of hydrogen-bond acceptors (Lipinski definition) is 6. The van der Waals surface area contributed by atoms with Crippen molar-refractivity contribution in [2.24, 2.45) is 19.1 Å².